The van der Waals surface area contributed by atoms with Crippen LogP contribution in [0.15, 0.2) is 15.9 Å². The van der Waals surface area contributed by atoms with Crippen LogP contribution >= 0.6 is 27.3 Å². The summed E-state index contributed by atoms with van der Waals surface area (Å²) in [6.45, 7) is 1.77. The number of hydrogen-bond donors (Lipinski definition) is 1. The third-order valence-electron chi connectivity index (χ3n) is 2.75. The molecule has 15 heavy (non-hydrogen) atoms. The van der Waals surface area contributed by atoms with Gasteiger partial charge in [-0.05, 0) is 46.1 Å². The topological polar surface area (TPSA) is 21.3 Å². The molecule has 0 amide bonds. The number of nitrogens with one attached hydrogen (secondary N) is 1. The molecule has 1 saturated carbocycles. The van der Waals surface area contributed by atoms with Crippen molar-refractivity contribution in [3.8, 4) is 0 Å². The molecule has 1 fully saturated rings. The molecule has 1 heterocycles. The van der Waals surface area contributed by atoms with Gasteiger partial charge in [0.2, 0.25) is 0 Å². The van der Waals surface area contributed by atoms with Crippen LogP contribution in [0.1, 0.15) is 17.7 Å². The van der Waals surface area contributed by atoms with Gasteiger partial charge in [-0.1, -0.05) is 0 Å². The Hall–Kier alpha value is 0.100. The van der Waals surface area contributed by atoms with Crippen molar-refractivity contribution in [3.63, 3.8) is 0 Å². The Balaban J connectivity index is 1.82. The van der Waals surface area contributed by atoms with Gasteiger partial charge < -0.3 is 10.1 Å². The van der Waals surface area contributed by atoms with Crippen molar-refractivity contribution in [3.05, 3.63) is 20.8 Å². The van der Waals surface area contributed by atoms with E-state index in [1.807, 2.05) is 0 Å². The summed E-state index contributed by atoms with van der Waals surface area (Å²) in [6.07, 6.45) is 2.71. The fourth-order valence-corrected chi connectivity index (χ4v) is 3.16. The summed E-state index contributed by atoms with van der Waals surface area (Å²) < 4.78 is 6.45. The van der Waals surface area contributed by atoms with Crippen LogP contribution in [-0.4, -0.2) is 19.8 Å². The third-order valence-corrected chi connectivity index (χ3v) is 4.68. The van der Waals surface area contributed by atoms with E-state index in [0.717, 1.165) is 19.1 Å². The van der Waals surface area contributed by atoms with E-state index in [2.05, 4.69) is 32.7 Å². The molecule has 0 saturated heterocycles. The quantitative estimate of drug-likeness (QED) is 0.869. The molecule has 4 heteroatoms. The fraction of sp³-hybridized carbons (Fsp3) is 0.636. The zero-order valence-corrected chi connectivity index (χ0v) is 11.2. The molecule has 1 aliphatic rings. The molecule has 0 aromatic carbocycles. The van der Waals surface area contributed by atoms with Gasteiger partial charge >= 0.3 is 0 Å². The Labute approximate surface area is 103 Å². The van der Waals surface area contributed by atoms with Gasteiger partial charge in [0.25, 0.3) is 0 Å². The maximum atomic E-state index is 5.23. The second kappa shape index (κ2) is 5.43. The molecule has 1 atom stereocenters. The number of ether oxygens (including phenoxy) is 1. The summed E-state index contributed by atoms with van der Waals surface area (Å²) in [5, 5.41) is 5.70. The molecule has 1 N–H and O–H groups in total. The summed E-state index contributed by atoms with van der Waals surface area (Å²) >= 11 is 5.34. The van der Waals surface area contributed by atoms with Crippen molar-refractivity contribution < 1.29 is 4.74 Å². The highest BCUT2D eigenvalue weighted by Crippen LogP contribution is 2.33. The standard InChI is InChI=1S/C11H16BrNOS/c1-14-7-10(8-2-3-8)13-6-11-9(12)4-5-15-11/h4-5,8,10,13H,2-3,6-7H2,1H3. The SMILES string of the molecule is COCC(NCc1sccc1Br)C1CC1. The molecule has 2 rings (SSSR count). The molecular weight excluding hydrogens is 274 g/mol. The lowest BCUT2D eigenvalue weighted by Crippen LogP contribution is -2.34. The fourth-order valence-electron chi connectivity index (χ4n) is 1.71. The van der Waals surface area contributed by atoms with Crippen molar-refractivity contribution in [2.75, 3.05) is 13.7 Å². The van der Waals surface area contributed by atoms with Crippen LogP contribution in [0.5, 0.6) is 0 Å². The lowest BCUT2D eigenvalue weighted by Gasteiger charge is -2.16. The van der Waals surface area contributed by atoms with Crippen LogP contribution in [0, 0.1) is 5.92 Å². The lowest BCUT2D eigenvalue weighted by molar-refractivity contribution is 0.157. The molecule has 84 valence electrons. The highest BCUT2D eigenvalue weighted by Gasteiger charge is 2.30. The first-order valence-corrected chi connectivity index (χ1v) is 6.92. The molecule has 1 aliphatic carbocycles. The van der Waals surface area contributed by atoms with Gasteiger partial charge in [-0.3, -0.25) is 0 Å². The molecule has 0 spiro atoms. The normalized spacial score (nSPS) is 18.0. The molecular formula is C11H16BrNOS. The van der Waals surface area contributed by atoms with E-state index < -0.39 is 0 Å². The maximum Gasteiger partial charge on any atom is 0.0618 e. The van der Waals surface area contributed by atoms with Crippen molar-refractivity contribution in [1.29, 1.82) is 0 Å². The average molecular weight is 290 g/mol. The second-order valence-electron chi connectivity index (χ2n) is 3.97. The smallest absolute Gasteiger partial charge is 0.0618 e. The summed E-state index contributed by atoms with van der Waals surface area (Å²) in [4.78, 5) is 1.37. The highest BCUT2D eigenvalue weighted by molar-refractivity contribution is 9.10. The first-order valence-electron chi connectivity index (χ1n) is 5.25. The number of halogens is 1. The van der Waals surface area contributed by atoms with Crippen LogP contribution in [0.25, 0.3) is 0 Å². The monoisotopic (exact) mass is 289 g/mol. The van der Waals surface area contributed by atoms with Gasteiger partial charge in [0.1, 0.15) is 0 Å². The van der Waals surface area contributed by atoms with Crippen molar-refractivity contribution in [2.24, 2.45) is 5.92 Å². The Bertz CT molecular complexity index is 311. The van der Waals surface area contributed by atoms with Crippen molar-refractivity contribution >= 4 is 27.3 Å². The van der Waals surface area contributed by atoms with E-state index in [1.165, 1.54) is 22.2 Å². The van der Waals surface area contributed by atoms with Crippen LogP contribution in [0.3, 0.4) is 0 Å². The van der Waals surface area contributed by atoms with E-state index in [-0.39, 0.29) is 0 Å². The zero-order valence-electron chi connectivity index (χ0n) is 8.83. The predicted molar refractivity (Wildman–Crippen MR) is 67.2 cm³/mol. The first kappa shape index (κ1) is 11.6. The molecule has 1 aromatic rings. The maximum absolute atomic E-state index is 5.23. The molecule has 1 aromatic heterocycles. The van der Waals surface area contributed by atoms with E-state index in [1.54, 1.807) is 18.4 Å². The Morgan fingerprint density at radius 3 is 3.00 bits per heavy atom. The lowest BCUT2D eigenvalue weighted by atomic mass is 10.2. The molecule has 0 bridgehead atoms. The number of rotatable bonds is 6. The first-order chi connectivity index (χ1) is 7.31. The minimum atomic E-state index is 0.531. The van der Waals surface area contributed by atoms with E-state index in [4.69, 9.17) is 4.74 Å². The number of methoxy groups -OCH3 is 1. The molecule has 1 unspecified atom stereocenters. The van der Waals surface area contributed by atoms with E-state index in [9.17, 15) is 0 Å². The minimum Gasteiger partial charge on any atom is -0.383 e. The minimum absolute atomic E-state index is 0.531. The Morgan fingerprint density at radius 1 is 1.67 bits per heavy atom. The zero-order chi connectivity index (χ0) is 10.7. The predicted octanol–water partition coefficient (Wildman–Crippen LogP) is 3.03. The second-order valence-corrected chi connectivity index (χ2v) is 5.83. The van der Waals surface area contributed by atoms with E-state index >= 15 is 0 Å². The van der Waals surface area contributed by atoms with Crippen LogP contribution in [0.4, 0.5) is 0 Å². The third kappa shape index (κ3) is 3.28. The van der Waals surface area contributed by atoms with Crippen LogP contribution in [-0.2, 0) is 11.3 Å². The molecule has 0 radical (unpaired) electrons. The highest BCUT2D eigenvalue weighted by atomic mass is 79.9. The summed E-state index contributed by atoms with van der Waals surface area (Å²) in [5.74, 6) is 0.837. The van der Waals surface area contributed by atoms with Crippen molar-refractivity contribution in [2.45, 2.75) is 25.4 Å². The number of thiophene rings is 1. The van der Waals surface area contributed by atoms with Crippen LogP contribution < -0.4 is 5.32 Å². The van der Waals surface area contributed by atoms with Gasteiger partial charge in [-0.25, -0.2) is 0 Å². The summed E-state index contributed by atoms with van der Waals surface area (Å²) in [6, 6.07) is 2.63. The van der Waals surface area contributed by atoms with Gasteiger partial charge in [0.15, 0.2) is 0 Å². The van der Waals surface area contributed by atoms with Gasteiger partial charge in [0, 0.05) is 29.0 Å². The van der Waals surface area contributed by atoms with E-state index in [0.29, 0.717) is 6.04 Å². The Morgan fingerprint density at radius 2 is 2.47 bits per heavy atom. The number of hydrogen-bond acceptors (Lipinski definition) is 3. The average Bonchev–Trinajstić information content (AvgIpc) is 2.98. The Kier molecular flexibility index (Phi) is 4.20. The molecule has 2 nitrogen and oxygen atoms in total. The summed E-state index contributed by atoms with van der Waals surface area (Å²) in [7, 11) is 1.78. The van der Waals surface area contributed by atoms with Gasteiger partial charge in [-0.2, -0.15) is 0 Å². The van der Waals surface area contributed by atoms with Crippen molar-refractivity contribution in [1.82, 2.24) is 5.32 Å². The molecule has 0 aliphatic heterocycles. The summed E-state index contributed by atoms with van der Waals surface area (Å²) in [5.41, 5.74) is 0. The van der Waals surface area contributed by atoms with Crippen LogP contribution in [0.2, 0.25) is 0 Å². The van der Waals surface area contributed by atoms with Gasteiger partial charge in [-0.15, -0.1) is 11.3 Å². The van der Waals surface area contributed by atoms with Gasteiger partial charge in [0.05, 0.1) is 6.61 Å². The largest absolute Gasteiger partial charge is 0.383 e.